The summed E-state index contributed by atoms with van der Waals surface area (Å²) in [5.74, 6) is 1.53. The molecule has 80 valence electrons. The first-order valence-electron chi connectivity index (χ1n) is 5.66. The standard InChI is InChI=1S/C14H14N2/c1-3-4-12-11-6-5-10(7-11)8-13(12)14(9-15)16-2/h4,10-12H,1,5-8H2/b14-13+/t10-,11?,12-/m0/s1. The van der Waals surface area contributed by atoms with Crippen LogP contribution in [-0.2, 0) is 0 Å². The molecule has 3 atom stereocenters. The van der Waals surface area contributed by atoms with E-state index < -0.39 is 0 Å². The lowest BCUT2D eigenvalue weighted by Gasteiger charge is -2.29. The lowest BCUT2D eigenvalue weighted by atomic mass is 9.75. The van der Waals surface area contributed by atoms with Gasteiger partial charge in [-0.05, 0) is 55.1 Å². The first-order valence-corrected chi connectivity index (χ1v) is 5.66. The zero-order valence-electron chi connectivity index (χ0n) is 9.24. The molecule has 0 aromatic carbocycles. The van der Waals surface area contributed by atoms with Gasteiger partial charge >= 0.3 is 0 Å². The van der Waals surface area contributed by atoms with Crippen LogP contribution in [0.4, 0.5) is 0 Å². The maximum atomic E-state index is 8.99. The van der Waals surface area contributed by atoms with Crippen LogP contribution in [0.15, 0.2) is 29.7 Å². The van der Waals surface area contributed by atoms with E-state index in [-0.39, 0.29) is 5.92 Å². The van der Waals surface area contributed by atoms with Crippen LogP contribution in [0.3, 0.4) is 0 Å². The van der Waals surface area contributed by atoms with Gasteiger partial charge in [0.05, 0.1) is 12.6 Å². The van der Waals surface area contributed by atoms with E-state index in [2.05, 4.69) is 17.2 Å². The van der Waals surface area contributed by atoms with Crippen molar-refractivity contribution >= 4 is 0 Å². The van der Waals surface area contributed by atoms with Gasteiger partial charge in [-0.25, -0.2) is 10.1 Å². The molecule has 2 saturated carbocycles. The maximum absolute atomic E-state index is 8.99. The van der Waals surface area contributed by atoms with Crippen LogP contribution < -0.4 is 0 Å². The van der Waals surface area contributed by atoms with Gasteiger partial charge in [0.15, 0.2) is 0 Å². The second-order valence-corrected chi connectivity index (χ2v) is 4.64. The SMILES string of the molecule is [C-]#[N+]/C(C#N)=C1\C[C@H]2CCC(C2)[C@@H]1C=C=C. The van der Waals surface area contributed by atoms with Crippen molar-refractivity contribution in [3.05, 3.63) is 41.1 Å². The van der Waals surface area contributed by atoms with E-state index in [1.54, 1.807) is 0 Å². The Balaban J connectivity index is 2.44. The van der Waals surface area contributed by atoms with Crippen LogP contribution in [0.5, 0.6) is 0 Å². The minimum absolute atomic E-state index is 0.236. The smallest absolute Gasteiger partial charge is 0.227 e. The Hall–Kier alpha value is -1.76. The number of hydrogen-bond acceptors (Lipinski definition) is 1. The minimum atomic E-state index is 0.236. The molecule has 2 fully saturated rings. The van der Waals surface area contributed by atoms with E-state index in [9.17, 15) is 0 Å². The Morgan fingerprint density at radius 3 is 3.00 bits per heavy atom. The van der Waals surface area contributed by atoms with Gasteiger partial charge in [-0.2, -0.15) is 0 Å². The van der Waals surface area contributed by atoms with Gasteiger partial charge in [-0.15, -0.1) is 5.73 Å². The van der Waals surface area contributed by atoms with Crippen molar-refractivity contribution in [1.82, 2.24) is 0 Å². The number of nitriles is 1. The molecule has 2 aliphatic rings. The fraction of sp³-hybridized carbons (Fsp3) is 0.500. The summed E-state index contributed by atoms with van der Waals surface area (Å²) in [6, 6.07) is 2.04. The van der Waals surface area contributed by atoms with Gasteiger partial charge in [0, 0.05) is 0 Å². The van der Waals surface area contributed by atoms with E-state index in [1.165, 1.54) is 19.3 Å². The summed E-state index contributed by atoms with van der Waals surface area (Å²) in [5, 5.41) is 8.99. The molecule has 0 radical (unpaired) electrons. The van der Waals surface area contributed by atoms with Crippen LogP contribution in [0.25, 0.3) is 4.85 Å². The Labute approximate surface area is 96.4 Å². The first kappa shape index (κ1) is 10.7. The Morgan fingerprint density at radius 2 is 2.38 bits per heavy atom. The summed E-state index contributed by atoms with van der Waals surface area (Å²) < 4.78 is 0. The average molecular weight is 210 g/mol. The fourth-order valence-corrected chi connectivity index (χ4v) is 3.14. The zero-order valence-corrected chi connectivity index (χ0v) is 9.24. The molecule has 0 heterocycles. The zero-order chi connectivity index (χ0) is 11.5. The average Bonchev–Trinajstić information content (AvgIpc) is 2.69. The van der Waals surface area contributed by atoms with Crippen LogP contribution in [0.1, 0.15) is 25.7 Å². The van der Waals surface area contributed by atoms with Crippen LogP contribution in [-0.4, -0.2) is 0 Å². The van der Waals surface area contributed by atoms with Gasteiger partial charge in [-0.3, -0.25) is 0 Å². The monoisotopic (exact) mass is 210 g/mol. The highest BCUT2D eigenvalue weighted by atomic mass is 14.7. The van der Waals surface area contributed by atoms with Gasteiger partial charge in [0.25, 0.3) is 5.70 Å². The van der Waals surface area contributed by atoms with Crippen molar-refractivity contribution < 1.29 is 0 Å². The van der Waals surface area contributed by atoms with E-state index in [1.807, 2.05) is 12.1 Å². The molecule has 0 spiro atoms. The molecule has 0 N–H and O–H groups in total. The molecule has 2 nitrogen and oxygen atoms in total. The van der Waals surface area contributed by atoms with Crippen molar-refractivity contribution in [3.8, 4) is 6.07 Å². The number of rotatable bonds is 1. The van der Waals surface area contributed by atoms with Crippen molar-refractivity contribution in [1.29, 1.82) is 5.26 Å². The highest BCUT2D eigenvalue weighted by molar-refractivity contribution is 5.38. The predicted molar refractivity (Wildman–Crippen MR) is 61.9 cm³/mol. The summed E-state index contributed by atoms with van der Waals surface area (Å²) in [6.45, 7) is 10.7. The summed E-state index contributed by atoms with van der Waals surface area (Å²) in [4.78, 5) is 3.36. The summed E-state index contributed by atoms with van der Waals surface area (Å²) >= 11 is 0. The number of fused-ring (bicyclic) bond motifs is 2. The maximum Gasteiger partial charge on any atom is 0.261 e. The van der Waals surface area contributed by atoms with E-state index in [4.69, 9.17) is 11.8 Å². The molecule has 1 unspecified atom stereocenters. The van der Waals surface area contributed by atoms with E-state index in [0.717, 1.165) is 12.0 Å². The predicted octanol–water partition coefficient (Wildman–Crippen LogP) is 3.46. The van der Waals surface area contributed by atoms with Crippen molar-refractivity contribution in [2.24, 2.45) is 17.8 Å². The normalized spacial score (nSPS) is 34.5. The molecular weight excluding hydrogens is 196 g/mol. The quantitative estimate of drug-likeness (QED) is 0.370. The Bertz CT molecular complexity index is 436. The third-order valence-corrected chi connectivity index (χ3v) is 3.82. The molecular formula is C14H14N2. The largest absolute Gasteiger partial charge is 0.261 e. The van der Waals surface area contributed by atoms with Crippen molar-refractivity contribution in [3.63, 3.8) is 0 Å². The Morgan fingerprint density at radius 1 is 1.56 bits per heavy atom. The molecule has 2 aliphatic carbocycles. The van der Waals surface area contributed by atoms with Gasteiger partial charge in [0.2, 0.25) is 0 Å². The molecule has 2 bridgehead atoms. The van der Waals surface area contributed by atoms with Gasteiger partial charge in [-0.1, -0.05) is 6.58 Å². The fourth-order valence-electron chi connectivity index (χ4n) is 3.14. The summed E-state index contributed by atoms with van der Waals surface area (Å²) in [6.07, 6.45) is 6.57. The van der Waals surface area contributed by atoms with Crippen LogP contribution >= 0.6 is 0 Å². The molecule has 0 saturated heterocycles. The summed E-state index contributed by atoms with van der Waals surface area (Å²) in [7, 11) is 0. The summed E-state index contributed by atoms with van der Waals surface area (Å²) in [5.41, 5.74) is 4.17. The number of hydrogen-bond donors (Lipinski definition) is 0. The van der Waals surface area contributed by atoms with E-state index >= 15 is 0 Å². The number of allylic oxidation sites excluding steroid dienone is 3. The molecule has 0 aromatic rings. The molecule has 0 aromatic heterocycles. The molecule has 0 amide bonds. The highest BCUT2D eigenvalue weighted by Gasteiger charge is 2.38. The first-order chi connectivity index (χ1) is 7.80. The highest BCUT2D eigenvalue weighted by Crippen LogP contribution is 2.49. The van der Waals surface area contributed by atoms with Crippen molar-refractivity contribution in [2.75, 3.05) is 0 Å². The molecule has 2 rings (SSSR count). The van der Waals surface area contributed by atoms with Gasteiger partial charge in [0.1, 0.15) is 0 Å². The van der Waals surface area contributed by atoms with Crippen LogP contribution in [0.2, 0.25) is 0 Å². The van der Waals surface area contributed by atoms with Crippen LogP contribution in [0, 0.1) is 35.7 Å². The minimum Gasteiger partial charge on any atom is -0.227 e. The molecule has 0 aliphatic heterocycles. The Kier molecular flexibility index (Phi) is 2.95. The molecule has 2 heteroatoms. The topological polar surface area (TPSA) is 28.1 Å². The molecule has 16 heavy (non-hydrogen) atoms. The second-order valence-electron chi connectivity index (χ2n) is 4.64. The van der Waals surface area contributed by atoms with Gasteiger partial charge < -0.3 is 0 Å². The van der Waals surface area contributed by atoms with Crippen molar-refractivity contribution in [2.45, 2.75) is 25.7 Å². The van der Waals surface area contributed by atoms with E-state index in [0.29, 0.717) is 17.5 Å². The third kappa shape index (κ3) is 1.69. The lowest BCUT2D eigenvalue weighted by molar-refractivity contribution is 0.364. The number of nitrogens with zero attached hydrogens (tertiary/aromatic N) is 2. The third-order valence-electron chi connectivity index (χ3n) is 3.82. The second kappa shape index (κ2) is 4.40. The lowest BCUT2D eigenvalue weighted by Crippen LogP contribution is -2.19.